The van der Waals surface area contributed by atoms with E-state index in [0.29, 0.717) is 44.2 Å². The first-order valence-electron chi connectivity index (χ1n) is 9.65. The van der Waals surface area contributed by atoms with E-state index >= 15 is 0 Å². The lowest BCUT2D eigenvalue weighted by atomic mass is 10.0. The van der Waals surface area contributed by atoms with Gasteiger partial charge in [0.1, 0.15) is 13.2 Å². The number of halogens is 3. The summed E-state index contributed by atoms with van der Waals surface area (Å²) in [7, 11) is 0. The molecule has 2 saturated heterocycles. The molecular weight excluding hydrogens is 375 g/mol. The van der Waals surface area contributed by atoms with Gasteiger partial charge >= 0.3 is 12.2 Å². The van der Waals surface area contributed by atoms with Crippen LogP contribution in [0.4, 0.5) is 18.0 Å². The summed E-state index contributed by atoms with van der Waals surface area (Å²) in [5.41, 5.74) is 0.988. The van der Waals surface area contributed by atoms with Gasteiger partial charge in [0.25, 0.3) is 0 Å². The Morgan fingerprint density at radius 2 is 1.93 bits per heavy atom. The molecule has 2 atom stereocenters. The molecule has 2 amide bonds. The van der Waals surface area contributed by atoms with Crippen molar-refractivity contribution in [3.05, 3.63) is 23.8 Å². The van der Waals surface area contributed by atoms with Gasteiger partial charge in [-0.2, -0.15) is 13.2 Å². The maximum atomic E-state index is 12.8. The average Bonchev–Trinajstić information content (AvgIpc) is 3.29. The monoisotopic (exact) mass is 399 g/mol. The predicted octanol–water partition coefficient (Wildman–Crippen LogP) is 2.94. The summed E-state index contributed by atoms with van der Waals surface area (Å²) >= 11 is 0. The van der Waals surface area contributed by atoms with Crippen molar-refractivity contribution in [1.82, 2.24) is 15.1 Å². The molecule has 2 unspecified atom stereocenters. The number of urea groups is 1. The first kappa shape index (κ1) is 19.2. The normalized spacial score (nSPS) is 25.2. The molecule has 0 radical (unpaired) electrons. The van der Waals surface area contributed by atoms with Crippen LogP contribution >= 0.6 is 0 Å². The van der Waals surface area contributed by atoms with Crippen LogP contribution < -0.4 is 14.8 Å². The van der Waals surface area contributed by atoms with Gasteiger partial charge in [-0.3, -0.25) is 4.90 Å². The van der Waals surface area contributed by atoms with Crippen LogP contribution in [0.5, 0.6) is 11.5 Å². The third-order valence-electron chi connectivity index (χ3n) is 5.47. The van der Waals surface area contributed by atoms with Crippen molar-refractivity contribution >= 4 is 6.03 Å². The minimum Gasteiger partial charge on any atom is -0.486 e. The number of ether oxygens (including phenoxy) is 2. The zero-order valence-electron chi connectivity index (χ0n) is 15.5. The Labute approximate surface area is 161 Å². The maximum absolute atomic E-state index is 12.8. The van der Waals surface area contributed by atoms with Gasteiger partial charge in [0.05, 0.1) is 12.6 Å². The Kier molecular flexibility index (Phi) is 5.27. The van der Waals surface area contributed by atoms with E-state index in [1.807, 2.05) is 18.2 Å². The van der Waals surface area contributed by atoms with E-state index in [9.17, 15) is 18.0 Å². The summed E-state index contributed by atoms with van der Waals surface area (Å²) in [5, 5.41) is 2.92. The molecule has 0 bridgehead atoms. The number of fused-ring (bicyclic) bond motifs is 1. The minimum atomic E-state index is -4.21. The number of amides is 2. The lowest BCUT2D eigenvalue weighted by Gasteiger charge is -2.28. The van der Waals surface area contributed by atoms with Crippen LogP contribution in [0.25, 0.3) is 0 Å². The molecule has 6 nitrogen and oxygen atoms in total. The van der Waals surface area contributed by atoms with E-state index in [4.69, 9.17) is 9.47 Å². The number of rotatable bonds is 3. The van der Waals surface area contributed by atoms with Crippen LogP contribution in [-0.2, 0) is 0 Å². The molecule has 0 saturated carbocycles. The number of alkyl halides is 3. The Bertz CT molecular complexity index is 728. The Morgan fingerprint density at radius 1 is 1.14 bits per heavy atom. The third kappa shape index (κ3) is 4.29. The highest BCUT2D eigenvalue weighted by molar-refractivity contribution is 5.75. The Balaban J connectivity index is 1.38. The topological polar surface area (TPSA) is 54.0 Å². The molecule has 3 aliphatic rings. The number of carbonyl (C=O) groups excluding carboxylic acids is 1. The van der Waals surface area contributed by atoms with Gasteiger partial charge in [-0.05, 0) is 37.0 Å². The van der Waals surface area contributed by atoms with Crippen LogP contribution in [0.3, 0.4) is 0 Å². The maximum Gasteiger partial charge on any atom is 0.401 e. The van der Waals surface area contributed by atoms with Gasteiger partial charge in [-0.25, -0.2) is 4.79 Å². The zero-order chi connectivity index (χ0) is 19.7. The standard InChI is InChI=1S/C19H24F3N3O3/c20-19(21,22)12-24-7-5-14(11-24)23-18(26)25-6-1-2-15(25)13-3-4-16-17(10-13)28-9-8-27-16/h3-4,10,14-15H,1-2,5-9,11-12H2,(H,23,26). The van der Waals surface area contributed by atoms with E-state index in [1.165, 1.54) is 4.90 Å². The second-order valence-electron chi connectivity index (χ2n) is 7.54. The molecule has 28 heavy (non-hydrogen) atoms. The van der Waals surface area contributed by atoms with Crippen molar-refractivity contribution in [2.75, 3.05) is 39.4 Å². The number of nitrogens with one attached hydrogen (secondary N) is 1. The van der Waals surface area contributed by atoms with Crippen molar-refractivity contribution < 1.29 is 27.4 Å². The van der Waals surface area contributed by atoms with Crippen LogP contribution in [0.1, 0.15) is 30.9 Å². The fourth-order valence-electron chi connectivity index (χ4n) is 4.23. The molecule has 0 aromatic heterocycles. The number of nitrogens with zero attached hydrogens (tertiary/aromatic N) is 2. The summed E-state index contributed by atoms with van der Waals surface area (Å²) in [4.78, 5) is 15.9. The average molecular weight is 399 g/mol. The van der Waals surface area contributed by atoms with Crippen molar-refractivity contribution in [1.29, 1.82) is 0 Å². The first-order chi connectivity index (χ1) is 13.4. The molecule has 9 heteroatoms. The molecule has 3 aliphatic heterocycles. The second kappa shape index (κ2) is 7.69. The molecule has 3 heterocycles. The Morgan fingerprint density at radius 3 is 2.71 bits per heavy atom. The summed E-state index contributed by atoms with van der Waals surface area (Å²) in [6, 6.07) is 5.20. The quantitative estimate of drug-likeness (QED) is 0.849. The Hall–Kier alpha value is -2.16. The molecule has 1 N–H and O–H groups in total. The van der Waals surface area contributed by atoms with Crippen LogP contribution in [0.2, 0.25) is 0 Å². The molecule has 154 valence electrons. The molecule has 1 aromatic carbocycles. The van der Waals surface area contributed by atoms with Crippen molar-refractivity contribution in [3.63, 3.8) is 0 Å². The number of carbonyl (C=O) groups is 1. The van der Waals surface area contributed by atoms with E-state index in [-0.39, 0.29) is 24.7 Å². The van der Waals surface area contributed by atoms with E-state index in [1.54, 1.807) is 4.90 Å². The third-order valence-corrected chi connectivity index (χ3v) is 5.47. The fourth-order valence-corrected chi connectivity index (χ4v) is 4.23. The number of hydrogen-bond acceptors (Lipinski definition) is 4. The zero-order valence-corrected chi connectivity index (χ0v) is 15.5. The molecule has 1 aromatic rings. The highest BCUT2D eigenvalue weighted by Crippen LogP contribution is 2.38. The van der Waals surface area contributed by atoms with Gasteiger partial charge in [-0.1, -0.05) is 6.07 Å². The van der Waals surface area contributed by atoms with Crippen molar-refractivity contribution in [2.24, 2.45) is 0 Å². The molecule has 0 aliphatic carbocycles. The lowest BCUT2D eigenvalue weighted by molar-refractivity contribution is -0.143. The second-order valence-corrected chi connectivity index (χ2v) is 7.54. The van der Waals surface area contributed by atoms with Gasteiger partial charge < -0.3 is 19.7 Å². The van der Waals surface area contributed by atoms with Crippen LogP contribution in [0.15, 0.2) is 18.2 Å². The number of hydrogen-bond donors (Lipinski definition) is 1. The minimum absolute atomic E-state index is 0.0662. The number of likely N-dealkylation sites (tertiary alicyclic amines) is 2. The number of benzene rings is 1. The molecule has 4 rings (SSSR count). The van der Waals surface area contributed by atoms with E-state index < -0.39 is 12.7 Å². The lowest BCUT2D eigenvalue weighted by Crippen LogP contribution is -2.46. The van der Waals surface area contributed by atoms with Gasteiger partial charge in [0.15, 0.2) is 11.5 Å². The summed E-state index contributed by atoms with van der Waals surface area (Å²) in [6.45, 7) is 1.30. The molecule has 0 spiro atoms. The molecular formula is C19H24F3N3O3. The molecule has 2 fully saturated rings. The highest BCUT2D eigenvalue weighted by atomic mass is 19.4. The largest absolute Gasteiger partial charge is 0.486 e. The smallest absolute Gasteiger partial charge is 0.401 e. The van der Waals surface area contributed by atoms with E-state index in [0.717, 1.165) is 18.4 Å². The van der Waals surface area contributed by atoms with Gasteiger partial charge in [0, 0.05) is 25.7 Å². The van der Waals surface area contributed by atoms with Crippen molar-refractivity contribution in [3.8, 4) is 11.5 Å². The van der Waals surface area contributed by atoms with Gasteiger partial charge in [0.2, 0.25) is 0 Å². The van der Waals surface area contributed by atoms with Gasteiger partial charge in [-0.15, -0.1) is 0 Å². The SMILES string of the molecule is O=C(NC1CCN(CC(F)(F)F)C1)N1CCCC1c1ccc2c(c1)OCCO2. The van der Waals surface area contributed by atoms with E-state index in [2.05, 4.69) is 5.32 Å². The summed E-state index contributed by atoms with van der Waals surface area (Å²) in [5.74, 6) is 1.40. The van der Waals surface area contributed by atoms with Crippen molar-refractivity contribution in [2.45, 2.75) is 37.5 Å². The summed E-state index contributed by atoms with van der Waals surface area (Å²) in [6.07, 6.45) is -1.95. The highest BCUT2D eigenvalue weighted by Gasteiger charge is 2.36. The fraction of sp³-hybridized carbons (Fsp3) is 0.632. The van der Waals surface area contributed by atoms with Crippen LogP contribution in [0, 0.1) is 0 Å². The predicted molar refractivity (Wildman–Crippen MR) is 95.5 cm³/mol. The summed E-state index contributed by atoms with van der Waals surface area (Å²) < 4.78 is 48.8. The first-order valence-corrected chi connectivity index (χ1v) is 9.65. The van der Waals surface area contributed by atoms with Crippen LogP contribution in [-0.4, -0.2) is 67.4 Å².